The van der Waals surface area contributed by atoms with E-state index in [4.69, 9.17) is 4.42 Å². The molecule has 0 aliphatic carbocycles. The Morgan fingerprint density at radius 3 is 2.80 bits per heavy atom. The van der Waals surface area contributed by atoms with Gasteiger partial charge in [-0.15, -0.1) is 0 Å². The first-order valence-corrected chi connectivity index (χ1v) is 7.96. The van der Waals surface area contributed by atoms with E-state index >= 15 is 0 Å². The molecule has 2 heterocycles. The maximum absolute atomic E-state index is 5.95. The van der Waals surface area contributed by atoms with Gasteiger partial charge in [-0.2, -0.15) is 0 Å². The molecule has 0 spiro atoms. The van der Waals surface area contributed by atoms with Crippen molar-refractivity contribution < 1.29 is 4.42 Å². The third kappa shape index (κ3) is 4.10. The highest BCUT2D eigenvalue weighted by atomic mass is 16.3. The maximum Gasteiger partial charge on any atom is 0.118 e. The summed E-state index contributed by atoms with van der Waals surface area (Å²) in [5.41, 5.74) is 1.44. The molecule has 20 heavy (non-hydrogen) atoms. The van der Waals surface area contributed by atoms with Crippen LogP contribution in [-0.2, 0) is 13.1 Å². The molecule has 2 rings (SSSR count). The Morgan fingerprint density at radius 1 is 1.40 bits per heavy atom. The molecule has 114 valence electrons. The van der Waals surface area contributed by atoms with E-state index in [1.165, 1.54) is 31.4 Å². The summed E-state index contributed by atoms with van der Waals surface area (Å²) in [5.74, 6) is 2.18. The summed E-state index contributed by atoms with van der Waals surface area (Å²) in [6, 6.07) is 2.98. The number of nitrogens with zero attached hydrogens (tertiary/aromatic N) is 1. The summed E-state index contributed by atoms with van der Waals surface area (Å²) in [6.07, 6.45) is 3.92. The Labute approximate surface area is 123 Å². The second-order valence-electron chi connectivity index (χ2n) is 7.07. The van der Waals surface area contributed by atoms with E-state index in [1.807, 2.05) is 0 Å². The fraction of sp³-hybridized carbons (Fsp3) is 0.765. The van der Waals surface area contributed by atoms with Crippen LogP contribution in [0.2, 0.25) is 0 Å². The van der Waals surface area contributed by atoms with Gasteiger partial charge in [-0.25, -0.2) is 0 Å². The third-order valence-electron chi connectivity index (χ3n) is 4.21. The van der Waals surface area contributed by atoms with Gasteiger partial charge < -0.3 is 9.73 Å². The Balaban J connectivity index is 1.96. The normalized spacial score (nSPS) is 20.8. The molecule has 1 unspecified atom stereocenters. The van der Waals surface area contributed by atoms with E-state index in [2.05, 4.69) is 50.9 Å². The van der Waals surface area contributed by atoms with Crippen molar-refractivity contribution in [1.29, 1.82) is 0 Å². The first-order valence-electron chi connectivity index (χ1n) is 7.96. The minimum atomic E-state index is 0.145. The Morgan fingerprint density at radius 2 is 2.15 bits per heavy atom. The fourth-order valence-electron chi connectivity index (χ4n) is 2.97. The topological polar surface area (TPSA) is 28.4 Å². The van der Waals surface area contributed by atoms with E-state index in [-0.39, 0.29) is 5.54 Å². The molecule has 1 saturated heterocycles. The number of hydrogen-bond acceptors (Lipinski definition) is 3. The first-order chi connectivity index (χ1) is 9.39. The molecule has 1 aromatic heterocycles. The number of likely N-dealkylation sites (tertiary alicyclic amines) is 1. The molecule has 1 atom stereocenters. The van der Waals surface area contributed by atoms with Crippen LogP contribution in [0.15, 0.2) is 10.5 Å². The van der Waals surface area contributed by atoms with Crippen LogP contribution in [0.3, 0.4) is 0 Å². The highest BCUT2D eigenvalue weighted by Crippen LogP contribution is 2.24. The number of aryl methyl sites for hydroxylation is 1. The van der Waals surface area contributed by atoms with Crippen molar-refractivity contribution in [2.24, 2.45) is 0 Å². The summed E-state index contributed by atoms with van der Waals surface area (Å²) in [7, 11) is 0. The van der Waals surface area contributed by atoms with E-state index in [0.29, 0.717) is 0 Å². The van der Waals surface area contributed by atoms with Crippen LogP contribution < -0.4 is 5.32 Å². The average Bonchev–Trinajstić information content (AvgIpc) is 2.93. The van der Waals surface area contributed by atoms with Crippen LogP contribution >= 0.6 is 0 Å². The highest BCUT2D eigenvalue weighted by Gasteiger charge is 2.24. The fourth-order valence-corrected chi connectivity index (χ4v) is 2.97. The molecular weight excluding hydrogens is 248 g/mol. The lowest BCUT2D eigenvalue weighted by molar-refractivity contribution is 0.220. The molecule has 0 amide bonds. The van der Waals surface area contributed by atoms with E-state index in [1.54, 1.807) is 0 Å². The van der Waals surface area contributed by atoms with E-state index in [0.717, 1.165) is 30.7 Å². The van der Waals surface area contributed by atoms with Gasteiger partial charge in [0.05, 0.1) is 6.54 Å². The molecule has 0 radical (unpaired) electrons. The van der Waals surface area contributed by atoms with Crippen LogP contribution in [0.25, 0.3) is 0 Å². The van der Waals surface area contributed by atoms with Gasteiger partial charge in [0, 0.05) is 23.7 Å². The van der Waals surface area contributed by atoms with Crippen molar-refractivity contribution in [3.8, 4) is 0 Å². The van der Waals surface area contributed by atoms with Gasteiger partial charge in [-0.1, -0.05) is 6.92 Å². The van der Waals surface area contributed by atoms with Gasteiger partial charge in [-0.3, -0.25) is 4.90 Å². The zero-order valence-electron chi connectivity index (χ0n) is 13.8. The van der Waals surface area contributed by atoms with Crippen molar-refractivity contribution in [3.05, 3.63) is 23.2 Å². The van der Waals surface area contributed by atoms with Gasteiger partial charge in [0.1, 0.15) is 11.5 Å². The van der Waals surface area contributed by atoms with Crippen LogP contribution in [0, 0.1) is 6.92 Å². The third-order valence-corrected chi connectivity index (χ3v) is 4.21. The SMILES string of the molecule is CCC1CCCN1Cc1cc(CNC(C)(C)C)c(C)o1. The zero-order valence-corrected chi connectivity index (χ0v) is 13.8. The number of rotatable bonds is 5. The minimum Gasteiger partial charge on any atom is -0.465 e. The van der Waals surface area contributed by atoms with Crippen molar-refractivity contribution in [3.63, 3.8) is 0 Å². The molecule has 0 saturated carbocycles. The number of furan rings is 1. The lowest BCUT2D eigenvalue weighted by atomic mass is 10.1. The molecule has 1 aliphatic rings. The lowest BCUT2D eigenvalue weighted by Crippen LogP contribution is -2.35. The van der Waals surface area contributed by atoms with Crippen molar-refractivity contribution in [1.82, 2.24) is 10.2 Å². The van der Waals surface area contributed by atoms with Gasteiger partial charge in [0.2, 0.25) is 0 Å². The molecular formula is C17H30N2O. The molecule has 1 N–H and O–H groups in total. The average molecular weight is 278 g/mol. The van der Waals surface area contributed by atoms with Gasteiger partial charge in [0.25, 0.3) is 0 Å². The Hall–Kier alpha value is -0.800. The van der Waals surface area contributed by atoms with E-state index in [9.17, 15) is 0 Å². The van der Waals surface area contributed by atoms with Gasteiger partial charge in [-0.05, 0) is 59.6 Å². The summed E-state index contributed by atoms with van der Waals surface area (Å²) in [5, 5.41) is 3.53. The van der Waals surface area contributed by atoms with Crippen molar-refractivity contribution in [2.75, 3.05) is 6.54 Å². The van der Waals surface area contributed by atoms with Gasteiger partial charge in [0.15, 0.2) is 0 Å². The molecule has 3 nitrogen and oxygen atoms in total. The second-order valence-corrected chi connectivity index (χ2v) is 7.07. The summed E-state index contributed by atoms with van der Waals surface area (Å²) >= 11 is 0. The van der Waals surface area contributed by atoms with Crippen LogP contribution in [-0.4, -0.2) is 23.0 Å². The maximum atomic E-state index is 5.95. The Kier molecular flexibility index (Phi) is 4.92. The van der Waals surface area contributed by atoms with Crippen molar-refractivity contribution >= 4 is 0 Å². The van der Waals surface area contributed by atoms with Crippen LogP contribution in [0.4, 0.5) is 0 Å². The first kappa shape index (κ1) is 15.6. The largest absolute Gasteiger partial charge is 0.465 e. The van der Waals surface area contributed by atoms with E-state index < -0.39 is 0 Å². The molecule has 1 aromatic rings. The quantitative estimate of drug-likeness (QED) is 0.887. The molecule has 3 heteroatoms. The predicted octanol–water partition coefficient (Wildman–Crippen LogP) is 3.85. The second kappa shape index (κ2) is 6.31. The molecule has 1 fully saturated rings. The summed E-state index contributed by atoms with van der Waals surface area (Å²) < 4.78 is 5.95. The lowest BCUT2D eigenvalue weighted by Gasteiger charge is -2.21. The number of nitrogens with one attached hydrogen (secondary N) is 1. The standard InChI is InChI=1S/C17H30N2O/c1-6-15-8-7-9-19(15)12-16-10-14(13(2)20-16)11-18-17(3,4)5/h10,15,18H,6-9,11-12H2,1-5H3. The zero-order chi connectivity index (χ0) is 14.8. The minimum absolute atomic E-state index is 0.145. The molecule has 0 aromatic carbocycles. The van der Waals surface area contributed by atoms with Crippen LogP contribution in [0.5, 0.6) is 0 Å². The molecule has 1 aliphatic heterocycles. The monoisotopic (exact) mass is 278 g/mol. The van der Waals surface area contributed by atoms with Crippen LogP contribution in [0.1, 0.15) is 64.0 Å². The highest BCUT2D eigenvalue weighted by molar-refractivity contribution is 5.21. The summed E-state index contributed by atoms with van der Waals surface area (Å²) in [6.45, 7) is 14.0. The Bertz CT molecular complexity index is 431. The summed E-state index contributed by atoms with van der Waals surface area (Å²) in [4.78, 5) is 2.57. The van der Waals surface area contributed by atoms with Crippen molar-refractivity contribution in [2.45, 2.75) is 78.6 Å². The smallest absolute Gasteiger partial charge is 0.118 e. The van der Waals surface area contributed by atoms with Gasteiger partial charge >= 0.3 is 0 Å². The number of hydrogen-bond donors (Lipinski definition) is 1. The predicted molar refractivity (Wildman–Crippen MR) is 83.8 cm³/mol. The molecule has 0 bridgehead atoms.